The minimum atomic E-state index is -0.996. The molecule has 1 rings (SSSR count). The molecule has 8 heteroatoms. The van der Waals surface area contributed by atoms with Gasteiger partial charge in [-0.15, -0.1) is 0 Å². The van der Waals surface area contributed by atoms with Gasteiger partial charge in [-0.1, -0.05) is 0 Å². The molecular formula is C12H22N2O5S. The number of nitrogens with one attached hydrogen (secondary N) is 1. The normalized spacial score (nSPS) is 24.9. The predicted octanol–water partition coefficient (Wildman–Crippen LogP) is -0.115. The summed E-state index contributed by atoms with van der Waals surface area (Å²) < 4.78 is 16.3. The molecule has 7 nitrogen and oxygen atoms in total. The Labute approximate surface area is 121 Å². The predicted molar refractivity (Wildman–Crippen MR) is 75.0 cm³/mol. The van der Waals surface area contributed by atoms with E-state index in [9.17, 15) is 13.8 Å². The van der Waals surface area contributed by atoms with Gasteiger partial charge in [-0.05, 0) is 13.8 Å². The summed E-state index contributed by atoms with van der Waals surface area (Å²) >= 11 is 0. The van der Waals surface area contributed by atoms with Gasteiger partial charge < -0.3 is 20.1 Å². The molecule has 20 heavy (non-hydrogen) atoms. The van der Waals surface area contributed by atoms with E-state index in [4.69, 9.17) is 9.84 Å². The van der Waals surface area contributed by atoms with Crippen LogP contribution in [0.15, 0.2) is 0 Å². The summed E-state index contributed by atoms with van der Waals surface area (Å²) in [7, 11) is -0.996. The van der Waals surface area contributed by atoms with Gasteiger partial charge in [0.1, 0.15) is 5.92 Å². The highest BCUT2D eigenvalue weighted by Gasteiger charge is 2.39. The van der Waals surface area contributed by atoms with E-state index in [1.54, 1.807) is 20.1 Å². The van der Waals surface area contributed by atoms with Crippen LogP contribution in [0.5, 0.6) is 0 Å². The van der Waals surface area contributed by atoms with E-state index in [-0.39, 0.29) is 25.3 Å². The molecule has 0 saturated carbocycles. The third-order valence-electron chi connectivity index (χ3n) is 3.22. The van der Waals surface area contributed by atoms with Crippen LogP contribution >= 0.6 is 0 Å². The van der Waals surface area contributed by atoms with Crippen LogP contribution in [-0.4, -0.2) is 70.1 Å². The summed E-state index contributed by atoms with van der Waals surface area (Å²) in [6.45, 7) is 4.31. The first-order chi connectivity index (χ1) is 9.36. The topological polar surface area (TPSA) is 95.9 Å². The molecule has 2 N–H and O–H groups in total. The SMILES string of the molecule is CCN(C(=O)NC(C)CS(C)=O)C1COCC1C(=O)O. The maximum atomic E-state index is 12.2. The molecule has 1 aliphatic rings. The van der Waals surface area contributed by atoms with Gasteiger partial charge in [-0.3, -0.25) is 9.00 Å². The van der Waals surface area contributed by atoms with Crippen molar-refractivity contribution in [3.8, 4) is 0 Å². The highest BCUT2D eigenvalue weighted by molar-refractivity contribution is 7.84. The van der Waals surface area contributed by atoms with Crippen molar-refractivity contribution in [2.75, 3.05) is 31.8 Å². The molecule has 1 saturated heterocycles. The maximum Gasteiger partial charge on any atom is 0.317 e. The molecule has 1 heterocycles. The molecule has 0 radical (unpaired) electrons. The van der Waals surface area contributed by atoms with E-state index in [1.165, 1.54) is 4.90 Å². The van der Waals surface area contributed by atoms with Gasteiger partial charge in [0.05, 0.1) is 19.3 Å². The molecule has 0 aromatic heterocycles. The van der Waals surface area contributed by atoms with Crippen molar-refractivity contribution < 1.29 is 23.6 Å². The van der Waals surface area contributed by atoms with Crippen LogP contribution in [-0.2, 0) is 20.3 Å². The number of urea groups is 1. The first kappa shape index (κ1) is 16.9. The van der Waals surface area contributed by atoms with Crippen LogP contribution in [0.4, 0.5) is 4.79 Å². The third kappa shape index (κ3) is 4.45. The van der Waals surface area contributed by atoms with Crippen molar-refractivity contribution in [3.63, 3.8) is 0 Å². The Morgan fingerprint density at radius 2 is 2.15 bits per heavy atom. The Morgan fingerprint density at radius 3 is 2.65 bits per heavy atom. The monoisotopic (exact) mass is 306 g/mol. The number of hydrogen-bond donors (Lipinski definition) is 2. The van der Waals surface area contributed by atoms with Crippen molar-refractivity contribution in [3.05, 3.63) is 0 Å². The number of nitrogens with zero attached hydrogens (tertiary/aromatic N) is 1. The zero-order valence-electron chi connectivity index (χ0n) is 12.0. The number of amides is 2. The fraction of sp³-hybridized carbons (Fsp3) is 0.833. The first-order valence-electron chi connectivity index (χ1n) is 6.54. The maximum absolute atomic E-state index is 12.2. The lowest BCUT2D eigenvalue weighted by Crippen LogP contribution is -2.52. The average molecular weight is 306 g/mol. The summed E-state index contributed by atoms with van der Waals surface area (Å²) in [4.78, 5) is 24.8. The molecule has 1 aliphatic heterocycles. The van der Waals surface area contributed by atoms with Crippen LogP contribution in [0, 0.1) is 5.92 Å². The Bertz CT molecular complexity index is 390. The summed E-state index contributed by atoms with van der Waals surface area (Å²) in [6.07, 6.45) is 1.57. The second kappa shape index (κ2) is 7.58. The summed E-state index contributed by atoms with van der Waals surface area (Å²) in [5, 5.41) is 11.9. The highest BCUT2D eigenvalue weighted by atomic mass is 32.2. The van der Waals surface area contributed by atoms with Gasteiger partial charge >= 0.3 is 12.0 Å². The van der Waals surface area contributed by atoms with Gasteiger partial charge in [0.25, 0.3) is 0 Å². The largest absolute Gasteiger partial charge is 0.481 e. The lowest BCUT2D eigenvalue weighted by Gasteiger charge is -2.30. The summed E-state index contributed by atoms with van der Waals surface area (Å²) in [5.74, 6) is -1.29. The quantitative estimate of drug-likeness (QED) is 0.713. The standard InChI is InChI=1S/C12H22N2O5S/c1-4-14(10-6-19-5-9(10)11(15)16)12(17)13-8(2)7-20(3)18/h8-10H,4-7H2,1-3H3,(H,13,17)(H,15,16). The van der Waals surface area contributed by atoms with Crippen molar-refractivity contribution in [1.29, 1.82) is 0 Å². The number of ether oxygens (including phenoxy) is 1. The zero-order chi connectivity index (χ0) is 15.3. The number of aliphatic carboxylic acids is 1. The van der Waals surface area contributed by atoms with Crippen LogP contribution in [0.1, 0.15) is 13.8 Å². The minimum Gasteiger partial charge on any atom is -0.481 e. The Hall–Kier alpha value is -1.15. The smallest absolute Gasteiger partial charge is 0.317 e. The number of carbonyl (C=O) groups excluding carboxylic acids is 1. The molecule has 0 aromatic rings. The van der Waals surface area contributed by atoms with Crippen LogP contribution in [0.3, 0.4) is 0 Å². The van der Waals surface area contributed by atoms with E-state index in [1.807, 2.05) is 0 Å². The Balaban J connectivity index is 2.67. The van der Waals surface area contributed by atoms with Gasteiger partial charge in [0.15, 0.2) is 0 Å². The molecule has 4 atom stereocenters. The number of carbonyl (C=O) groups is 2. The molecule has 0 bridgehead atoms. The summed E-state index contributed by atoms with van der Waals surface area (Å²) in [6, 6.07) is -1.03. The lowest BCUT2D eigenvalue weighted by atomic mass is 10.0. The van der Waals surface area contributed by atoms with Gasteiger partial charge in [0.2, 0.25) is 0 Å². The molecule has 0 spiro atoms. The highest BCUT2D eigenvalue weighted by Crippen LogP contribution is 2.20. The van der Waals surface area contributed by atoms with Gasteiger partial charge in [-0.25, -0.2) is 4.79 Å². The van der Waals surface area contributed by atoms with Crippen LogP contribution in [0.2, 0.25) is 0 Å². The zero-order valence-corrected chi connectivity index (χ0v) is 12.8. The fourth-order valence-corrected chi connectivity index (χ4v) is 3.09. The van der Waals surface area contributed by atoms with Crippen molar-refractivity contribution in [2.45, 2.75) is 25.9 Å². The number of carboxylic acids is 1. The van der Waals surface area contributed by atoms with Crippen molar-refractivity contribution in [2.24, 2.45) is 5.92 Å². The lowest BCUT2D eigenvalue weighted by molar-refractivity contribution is -0.142. The third-order valence-corrected chi connectivity index (χ3v) is 4.19. The average Bonchev–Trinajstić information content (AvgIpc) is 2.77. The minimum absolute atomic E-state index is 0.123. The van der Waals surface area contributed by atoms with E-state index >= 15 is 0 Å². The van der Waals surface area contributed by atoms with Crippen molar-refractivity contribution >= 4 is 22.8 Å². The molecule has 0 aromatic carbocycles. The summed E-state index contributed by atoms with van der Waals surface area (Å²) in [5.41, 5.74) is 0. The second-order valence-corrected chi connectivity index (χ2v) is 6.41. The van der Waals surface area contributed by atoms with E-state index in [0.717, 1.165) is 0 Å². The molecule has 2 amide bonds. The van der Waals surface area contributed by atoms with Crippen molar-refractivity contribution in [1.82, 2.24) is 10.2 Å². The molecule has 1 fully saturated rings. The first-order valence-corrected chi connectivity index (χ1v) is 8.27. The van der Waals surface area contributed by atoms with E-state index in [2.05, 4.69) is 5.32 Å². The van der Waals surface area contributed by atoms with Crippen LogP contribution < -0.4 is 5.32 Å². The van der Waals surface area contributed by atoms with Crippen LogP contribution in [0.25, 0.3) is 0 Å². The number of rotatable bonds is 6. The Kier molecular flexibility index (Phi) is 6.41. The van der Waals surface area contributed by atoms with Gasteiger partial charge in [0, 0.05) is 35.4 Å². The second-order valence-electron chi connectivity index (χ2n) is 4.93. The fourth-order valence-electron chi connectivity index (χ4n) is 2.30. The van der Waals surface area contributed by atoms with Gasteiger partial charge in [-0.2, -0.15) is 0 Å². The molecule has 116 valence electrons. The van der Waals surface area contributed by atoms with E-state index < -0.39 is 28.7 Å². The molecular weight excluding hydrogens is 284 g/mol. The molecule has 4 unspecified atom stereocenters. The number of hydrogen-bond acceptors (Lipinski definition) is 4. The Morgan fingerprint density at radius 1 is 1.50 bits per heavy atom. The number of likely N-dealkylation sites (N-methyl/N-ethyl adjacent to an activating group) is 1. The molecule has 0 aliphatic carbocycles. The van der Waals surface area contributed by atoms with E-state index in [0.29, 0.717) is 12.3 Å². The number of carboxylic acid groups (broad SMARTS) is 1.